The van der Waals surface area contributed by atoms with E-state index in [-0.39, 0.29) is 0 Å². The van der Waals surface area contributed by atoms with Crippen LogP contribution in [0.3, 0.4) is 0 Å². The molecule has 0 unspecified atom stereocenters. The molecule has 2 N–H and O–H groups in total. The Morgan fingerprint density at radius 1 is 1.00 bits per heavy atom. The van der Waals surface area contributed by atoms with E-state index in [2.05, 4.69) is 17.6 Å². The van der Waals surface area contributed by atoms with E-state index < -0.39 is 0 Å². The molecule has 1 aliphatic rings. The molecule has 0 aromatic carbocycles. The van der Waals surface area contributed by atoms with Gasteiger partial charge in [-0.15, -0.1) is 0 Å². The lowest BCUT2D eigenvalue weighted by molar-refractivity contribution is 0.199. The summed E-state index contributed by atoms with van der Waals surface area (Å²) < 4.78 is 4.98. The lowest BCUT2D eigenvalue weighted by Crippen LogP contribution is -2.29. The third-order valence-corrected chi connectivity index (χ3v) is 3.76. The summed E-state index contributed by atoms with van der Waals surface area (Å²) in [5.74, 6) is 1.91. The minimum absolute atomic E-state index is 0.813. The topological polar surface area (TPSA) is 33.3 Å². The Kier molecular flexibility index (Phi) is 8.67. The monoisotopic (exact) mass is 242 g/mol. The zero-order valence-corrected chi connectivity index (χ0v) is 11.6. The molecule has 0 aliphatic heterocycles. The Balaban J connectivity index is 1.81. The maximum absolute atomic E-state index is 4.98. The number of hydrogen-bond acceptors (Lipinski definition) is 3. The third kappa shape index (κ3) is 7.74. The molecule has 1 aliphatic carbocycles. The molecule has 0 radical (unpaired) electrons. The van der Waals surface area contributed by atoms with Crippen LogP contribution in [0, 0.1) is 11.8 Å². The van der Waals surface area contributed by atoms with Crippen LogP contribution >= 0.6 is 0 Å². The smallest absolute Gasteiger partial charge is 0.0587 e. The fourth-order valence-electron chi connectivity index (χ4n) is 2.48. The van der Waals surface area contributed by atoms with Gasteiger partial charge in [0.2, 0.25) is 0 Å². The summed E-state index contributed by atoms with van der Waals surface area (Å²) in [5, 5.41) is 6.96. The highest BCUT2D eigenvalue weighted by atomic mass is 16.5. The van der Waals surface area contributed by atoms with E-state index in [1.54, 1.807) is 7.11 Å². The first kappa shape index (κ1) is 14.9. The molecule has 17 heavy (non-hydrogen) atoms. The fourth-order valence-corrected chi connectivity index (χ4v) is 2.48. The quantitative estimate of drug-likeness (QED) is 0.607. The molecule has 0 aromatic heterocycles. The summed E-state index contributed by atoms with van der Waals surface area (Å²) in [5.41, 5.74) is 0. The number of ether oxygens (including phenoxy) is 1. The normalized spacial score (nSPS) is 25.1. The van der Waals surface area contributed by atoms with Crippen LogP contribution in [0.4, 0.5) is 0 Å². The third-order valence-electron chi connectivity index (χ3n) is 3.76. The second kappa shape index (κ2) is 9.86. The van der Waals surface area contributed by atoms with Crippen LogP contribution in [0.25, 0.3) is 0 Å². The van der Waals surface area contributed by atoms with Gasteiger partial charge in [-0.3, -0.25) is 0 Å². The van der Waals surface area contributed by atoms with Crippen LogP contribution in [0.5, 0.6) is 0 Å². The van der Waals surface area contributed by atoms with Crippen molar-refractivity contribution in [2.75, 3.05) is 39.9 Å². The van der Waals surface area contributed by atoms with E-state index >= 15 is 0 Å². The number of rotatable bonds is 9. The van der Waals surface area contributed by atoms with Gasteiger partial charge in [-0.2, -0.15) is 0 Å². The summed E-state index contributed by atoms with van der Waals surface area (Å²) >= 11 is 0. The molecule has 0 amide bonds. The molecule has 1 saturated carbocycles. The predicted molar refractivity (Wildman–Crippen MR) is 73.4 cm³/mol. The summed E-state index contributed by atoms with van der Waals surface area (Å²) in [6.07, 6.45) is 6.95. The molecular formula is C14H30N2O. The van der Waals surface area contributed by atoms with Crippen LogP contribution in [0.2, 0.25) is 0 Å². The van der Waals surface area contributed by atoms with E-state index in [9.17, 15) is 0 Å². The Morgan fingerprint density at radius 2 is 1.71 bits per heavy atom. The lowest BCUT2D eigenvalue weighted by atomic mass is 9.83. The number of methoxy groups -OCH3 is 1. The summed E-state index contributed by atoms with van der Waals surface area (Å²) in [4.78, 5) is 0. The van der Waals surface area contributed by atoms with E-state index in [1.165, 1.54) is 38.6 Å². The van der Waals surface area contributed by atoms with Crippen LogP contribution in [-0.2, 0) is 4.74 Å². The van der Waals surface area contributed by atoms with Gasteiger partial charge in [-0.05, 0) is 50.7 Å². The van der Waals surface area contributed by atoms with Crippen LogP contribution in [0.1, 0.15) is 39.0 Å². The van der Waals surface area contributed by atoms with Gasteiger partial charge in [0.05, 0.1) is 6.61 Å². The molecule has 0 heterocycles. The highest BCUT2D eigenvalue weighted by Crippen LogP contribution is 2.27. The Labute approximate surface area is 107 Å². The van der Waals surface area contributed by atoms with E-state index in [1.807, 2.05) is 0 Å². The van der Waals surface area contributed by atoms with E-state index in [0.29, 0.717) is 0 Å². The Hall–Kier alpha value is -0.120. The van der Waals surface area contributed by atoms with Gasteiger partial charge < -0.3 is 15.4 Å². The number of nitrogens with one attached hydrogen (secondary N) is 2. The summed E-state index contributed by atoms with van der Waals surface area (Å²) in [6.45, 7) is 7.63. The van der Waals surface area contributed by atoms with Gasteiger partial charge in [-0.1, -0.05) is 19.8 Å². The zero-order valence-electron chi connectivity index (χ0n) is 11.6. The largest absolute Gasteiger partial charge is 0.383 e. The highest BCUT2D eigenvalue weighted by molar-refractivity contribution is 4.71. The summed E-state index contributed by atoms with van der Waals surface area (Å²) in [7, 11) is 1.74. The van der Waals surface area contributed by atoms with Crippen molar-refractivity contribution in [1.82, 2.24) is 10.6 Å². The second-order valence-electron chi connectivity index (χ2n) is 5.43. The lowest BCUT2D eigenvalue weighted by Gasteiger charge is -2.26. The van der Waals surface area contributed by atoms with Gasteiger partial charge in [0.1, 0.15) is 0 Å². The molecule has 0 spiro atoms. The molecule has 0 atom stereocenters. The maximum Gasteiger partial charge on any atom is 0.0587 e. The van der Waals surface area contributed by atoms with Crippen molar-refractivity contribution < 1.29 is 4.74 Å². The second-order valence-corrected chi connectivity index (χ2v) is 5.43. The van der Waals surface area contributed by atoms with Crippen molar-refractivity contribution in [3.05, 3.63) is 0 Å². The minimum atomic E-state index is 0.813. The zero-order chi connectivity index (χ0) is 12.3. The Morgan fingerprint density at radius 3 is 2.41 bits per heavy atom. The SMILES string of the molecule is COCCNCCCNCC1CCC(C)CC1. The first-order valence-electron chi connectivity index (χ1n) is 7.23. The van der Waals surface area contributed by atoms with Gasteiger partial charge >= 0.3 is 0 Å². The van der Waals surface area contributed by atoms with Gasteiger partial charge in [-0.25, -0.2) is 0 Å². The highest BCUT2D eigenvalue weighted by Gasteiger charge is 2.17. The molecule has 0 bridgehead atoms. The molecule has 102 valence electrons. The molecular weight excluding hydrogens is 212 g/mol. The average Bonchev–Trinajstić information content (AvgIpc) is 2.35. The predicted octanol–water partition coefficient (Wildman–Crippen LogP) is 2.03. The number of hydrogen-bond donors (Lipinski definition) is 2. The van der Waals surface area contributed by atoms with Crippen LogP contribution < -0.4 is 10.6 Å². The fraction of sp³-hybridized carbons (Fsp3) is 1.00. The molecule has 1 fully saturated rings. The van der Waals surface area contributed by atoms with Crippen molar-refractivity contribution in [3.8, 4) is 0 Å². The summed E-state index contributed by atoms with van der Waals surface area (Å²) in [6, 6.07) is 0. The maximum atomic E-state index is 4.98. The van der Waals surface area contributed by atoms with Crippen LogP contribution in [-0.4, -0.2) is 39.9 Å². The molecule has 0 saturated heterocycles. The average molecular weight is 242 g/mol. The first-order chi connectivity index (χ1) is 8.33. The van der Waals surface area contributed by atoms with Crippen molar-refractivity contribution in [3.63, 3.8) is 0 Å². The molecule has 3 nitrogen and oxygen atoms in total. The van der Waals surface area contributed by atoms with E-state index in [4.69, 9.17) is 4.74 Å². The van der Waals surface area contributed by atoms with Gasteiger partial charge in [0.25, 0.3) is 0 Å². The van der Waals surface area contributed by atoms with Gasteiger partial charge in [0.15, 0.2) is 0 Å². The van der Waals surface area contributed by atoms with Crippen LogP contribution in [0.15, 0.2) is 0 Å². The van der Waals surface area contributed by atoms with Crippen molar-refractivity contribution in [1.29, 1.82) is 0 Å². The minimum Gasteiger partial charge on any atom is -0.383 e. The van der Waals surface area contributed by atoms with E-state index in [0.717, 1.165) is 38.1 Å². The first-order valence-corrected chi connectivity index (χ1v) is 7.23. The van der Waals surface area contributed by atoms with Gasteiger partial charge in [0, 0.05) is 13.7 Å². The van der Waals surface area contributed by atoms with Crippen molar-refractivity contribution in [2.45, 2.75) is 39.0 Å². The Bertz CT molecular complexity index is 168. The standard InChI is InChI=1S/C14H30N2O/c1-13-4-6-14(7-5-13)12-16-9-3-8-15-10-11-17-2/h13-16H,3-12H2,1-2H3. The molecule has 1 rings (SSSR count). The van der Waals surface area contributed by atoms with Crippen molar-refractivity contribution >= 4 is 0 Å². The molecule has 0 aromatic rings. The van der Waals surface area contributed by atoms with Crippen molar-refractivity contribution in [2.24, 2.45) is 11.8 Å². The molecule has 3 heteroatoms.